The van der Waals surface area contributed by atoms with Gasteiger partial charge in [-0.15, -0.1) is 0 Å². The van der Waals surface area contributed by atoms with E-state index in [1.165, 1.54) is 0 Å². The van der Waals surface area contributed by atoms with E-state index in [1.807, 2.05) is 30.3 Å². The molecule has 0 aliphatic carbocycles. The van der Waals surface area contributed by atoms with Gasteiger partial charge in [-0.25, -0.2) is 4.68 Å². The molecule has 2 heterocycles. The van der Waals surface area contributed by atoms with Crippen LogP contribution < -0.4 is 10.5 Å². The second-order valence-electron chi connectivity index (χ2n) is 4.62. The van der Waals surface area contributed by atoms with Gasteiger partial charge in [0, 0.05) is 18.5 Å². The van der Waals surface area contributed by atoms with Crippen molar-refractivity contribution in [2.75, 3.05) is 7.11 Å². The zero-order chi connectivity index (χ0) is 15.5. The van der Waals surface area contributed by atoms with Gasteiger partial charge in [-0.2, -0.15) is 5.10 Å². The van der Waals surface area contributed by atoms with Crippen molar-refractivity contribution in [3.8, 4) is 22.7 Å². The molecular weight excluding hydrogens is 280 g/mol. The van der Waals surface area contributed by atoms with E-state index in [-0.39, 0.29) is 5.69 Å². The van der Waals surface area contributed by atoms with Crippen LogP contribution in [0.3, 0.4) is 0 Å². The maximum atomic E-state index is 11.7. The van der Waals surface area contributed by atoms with Gasteiger partial charge >= 0.3 is 0 Å². The van der Waals surface area contributed by atoms with Crippen LogP contribution in [-0.4, -0.2) is 27.8 Å². The summed E-state index contributed by atoms with van der Waals surface area (Å²) in [6.45, 7) is 0. The van der Waals surface area contributed by atoms with Gasteiger partial charge in [0.05, 0.1) is 24.1 Å². The smallest absolute Gasteiger partial charge is 0.269 e. The number of carbonyl (C=O) groups is 1. The average Bonchev–Trinajstić information content (AvgIpc) is 3.01. The van der Waals surface area contributed by atoms with Gasteiger partial charge in [-0.05, 0) is 24.3 Å². The summed E-state index contributed by atoms with van der Waals surface area (Å²) in [6, 6.07) is 12.8. The summed E-state index contributed by atoms with van der Waals surface area (Å²) < 4.78 is 6.79. The summed E-state index contributed by atoms with van der Waals surface area (Å²) in [5.74, 6) is 0.107. The number of methoxy groups -OCH3 is 1. The van der Waals surface area contributed by atoms with Crippen LogP contribution in [0.4, 0.5) is 0 Å². The Morgan fingerprint density at radius 2 is 2.09 bits per heavy atom. The molecule has 0 atom stereocenters. The number of hydrogen-bond acceptors (Lipinski definition) is 4. The van der Waals surface area contributed by atoms with Crippen LogP contribution in [0.15, 0.2) is 54.9 Å². The third-order valence-electron chi connectivity index (χ3n) is 3.21. The fourth-order valence-electron chi connectivity index (χ4n) is 2.15. The summed E-state index contributed by atoms with van der Waals surface area (Å²) in [5, 5.41) is 4.28. The number of nitrogens with two attached hydrogens (primary N) is 1. The number of rotatable bonds is 4. The van der Waals surface area contributed by atoms with Crippen molar-refractivity contribution in [1.29, 1.82) is 0 Å². The molecule has 22 heavy (non-hydrogen) atoms. The number of nitrogens with zero attached hydrogens (tertiary/aromatic N) is 3. The molecule has 110 valence electrons. The normalized spacial score (nSPS) is 10.4. The Morgan fingerprint density at radius 3 is 2.77 bits per heavy atom. The van der Waals surface area contributed by atoms with Gasteiger partial charge in [0.2, 0.25) is 0 Å². The molecule has 3 rings (SSSR count). The molecule has 6 heteroatoms. The van der Waals surface area contributed by atoms with Crippen LogP contribution in [0.2, 0.25) is 0 Å². The Labute approximate surface area is 127 Å². The molecule has 0 fully saturated rings. The van der Waals surface area contributed by atoms with Crippen molar-refractivity contribution in [2.45, 2.75) is 0 Å². The second-order valence-corrected chi connectivity index (χ2v) is 4.62. The number of hydrogen-bond donors (Lipinski definition) is 1. The molecule has 1 amide bonds. The Bertz CT molecular complexity index is 812. The number of pyridine rings is 1. The van der Waals surface area contributed by atoms with Crippen molar-refractivity contribution in [3.05, 3.63) is 60.6 Å². The summed E-state index contributed by atoms with van der Waals surface area (Å²) in [6.07, 6.45) is 3.39. The van der Waals surface area contributed by atoms with E-state index in [1.54, 1.807) is 36.3 Å². The predicted molar refractivity (Wildman–Crippen MR) is 81.9 cm³/mol. The van der Waals surface area contributed by atoms with Gasteiger partial charge in [0.25, 0.3) is 5.91 Å². The standard InChI is InChI=1S/C16H14N4O2/c1-22-12-6-4-5-11(9-12)20-10-13(15(19-20)16(17)21)14-7-2-3-8-18-14/h2-10H,1H3,(H2,17,21). The monoisotopic (exact) mass is 294 g/mol. The van der Waals surface area contributed by atoms with Crippen molar-refractivity contribution in [1.82, 2.24) is 14.8 Å². The van der Waals surface area contributed by atoms with Crippen molar-refractivity contribution in [2.24, 2.45) is 5.73 Å². The maximum Gasteiger partial charge on any atom is 0.269 e. The van der Waals surface area contributed by atoms with E-state index in [4.69, 9.17) is 10.5 Å². The third kappa shape index (κ3) is 2.54. The SMILES string of the molecule is COc1cccc(-n2cc(-c3ccccn3)c(C(N)=O)n2)c1. The van der Waals surface area contributed by atoms with Crippen LogP contribution >= 0.6 is 0 Å². The van der Waals surface area contributed by atoms with Crippen LogP contribution in [-0.2, 0) is 0 Å². The molecule has 0 unspecified atom stereocenters. The third-order valence-corrected chi connectivity index (χ3v) is 3.21. The fraction of sp³-hybridized carbons (Fsp3) is 0.0625. The molecule has 0 aliphatic rings. The first-order valence-electron chi connectivity index (χ1n) is 6.64. The lowest BCUT2D eigenvalue weighted by atomic mass is 10.1. The fourth-order valence-corrected chi connectivity index (χ4v) is 2.15. The Kier molecular flexibility index (Phi) is 3.57. The topological polar surface area (TPSA) is 83.0 Å². The first-order chi connectivity index (χ1) is 10.7. The van der Waals surface area contributed by atoms with Crippen LogP contribution in [0.5, 0.6) is 5.75 Å². The van der Waals surface area contributed by atoms with Gasteiger partial charge in [-0.3, -0.25) is 9.78 Å². The molecule has 6 nitrogen and oxygen atoms in total. The molecule has 2 N–H and O–H groups in total. The van der Waals surface area contributed by atoms with Gasteiger partial charge in [0.15, 0.2) is 5.69 Å². The number of primary amides is 1. The van der Waals surface area contributed by atoms with Gasteiger partial charge in [0.1, 0.15) is 5.75 Å². The molecule has 0 saturated heterocycles. The second kappa shape index (κ2) is 5.69. The van der Waals surface area contributed by atoms with E-state index < -0.39 is 5.91 Å². The number of amides is 1. The lowest BCUT2D eigenvalue weighted by Gasteiger charge is -2.03. The van der Waals surface area contributed by atoms with E-state index in [0.717, 1.165) is 5.69 Å². The first kappa shape index (κ1) is 13.8. The summed E-state index contributed by atoms with van der Waals surface area (Å²) >= 11 is 0. The Hall–Kier alpha value is -3.15. The summed E-state index contributed by atoms with van der Waals surface area (Å²) in [5.41, 5.74) is 7.62. The molecule has 0 bridgehead atoms. The Balaban J connectivity index is 2.13. The lowest BCUT2D eigenvalue weighted by Crippen LogP contribution is -2.13. The van der Waals surface area contributed by atoms with Crippen LogP contribution in [0, 0.1) is 0 Å². The van der Waals surface area contributed by atoms with Crippen molar-refractivity contribution >= 4 is 5.91 Å². The highest BCUT2D eigenvalue weighted by Crippen LogP contribution is 2.23. The molecule has 0 spiro atoms. The molecule has 2 aromatic heterocycles. The zero-order valence-electron chi connectivity index (χ0n) is 11.9. The molecule has 1 aromatic carbocycles. The molecule has 0 saturated carbocycles. The highest BCUT2D eigenvalue weighted by Gasteiger charge is 2.17. The predicted octanol–water partition coefficient (Wildman–Crippen LogP) is 2.04. The molecule has 0 radical (unpaired) electrons. The Morgan fingerprint density at radius 1 is 1.23 bits per heavy atom. The van der Waals surface area contributed by atoms with E-state index in [9.17, 15) is 4.79 Å². The summed E-state index contributed by atoms with van der Waals surface area (Å²) in [7, 11) is 1.59. The quantitative estimate of drug-likeness (QED) is 0.798. The van der Waals surface area contributed by atoms with Crippen molar-refractivity contribution < 1.29 is 9.53 Å². The number of ether oxygens (including phenoxy) is 1. The highest BCUT2D eigenvalue weighted by atomic mass is 16.5. The van der Waals surface area contributed by atoms with Crippen LogP contribution in [0.1, 0.15) is 10.5 Å². The minimum atomic E-state index is -0.595. The minimum Gasteiger partial charge on any atom is -0.497 e. The lowest BCUT2D eigenvalue weighted by molar-refractivity contribution is 0.0995. The molecule has 3 aromatic rings. The van der Waals surface area contributed by atoms with Crippen molar-refractivity contribution in [3.63, 3.8) is 0 Å². The van der Waals surface area contributed by atoms with E-state index >= 15 is 0 Å². The number of aromatic nitrogens is 3. The minimum absolute atomic E-state index is 0.182. The number of benzene rings is 1. The average molecular weight is 294 g/mol. The highest BCUT2D eigenvalue weighted by molar-refractivity contribution is 5.97. The van der Waals surface area contributed by atoms with E-state index in [2.05, 4.69) is 10.1 Å². The van der Waals surface area contributed by atoms with Gasteiger partial charge < -0.3 is 10.5 Å². The zero-order valence-corrected chi connectivity index (χ0v) is 11.9. The van der Waals surface area contributed by atoms with Gasteiger partial charge in [-0.1, -0.05) is 12.1 Å². The van der Waals surface area contributed by atoms with Crippen LogP contribution in [0.25, 0.3) is 16.9 Å². The molecular formula is C16H14N4O2. The largest absolute Gasteiger partial charge is 0.497 e. The number of carbonyl (C=O) groups excluding carboxylic acids is 1. The molecule has 0 aliphatic heterocycles. The first-order valence-corrected chi connectivity index (χ1v) is 6.64. The van der Waals surface area contributed by atoms with E-state index in [0.29, 0.717) is 17.0 Å². The maximum absolute atomic E-state index is 11.7. The summed E-state index contributed by atoms with van der Waals surface area (Å²) in [4.78, 5) is 15.9.